The molecule has 3 nitrogen and oxygen atoms in total. The summed E-state index contributed by atoms with van der Waals surface area (Å²) in [5.41, 5.74) is 1.84. The lowest BCUT2D eigenvalue weighted by atomic mass is 9.71. The van der Waals surface area contributed by atoms with Gasteiger partial charge < -0.3 is 14.9 Å². The fourth-order valence-electron chi connectivity index (χ4n) is 2.35. The Balaban J connectivity index is 2.42. The van der Waals surface area contributed by atoms with Crippen LogP contribution in [-0.2, 0) is 4.74 Å². The molecule has 0 bridgehead atoms. The summed E-state index contributed by atoms with van der Waals surface area (Å²) >= 11 is 0. The van der Waals surface area contributed by atoms with Crippen LogP contribution in [0, 0.1) is 5.41 Å². The van der Waals surface area contributed by atoms with E-state index in [-0.39, 0.29) is 11.5 Å². The van der Waals surface area contributed by atoms with Crippen LogP contribution in [0.5, 0.6) is 0 Å². The van der Waals surface area contributed by atoms with Gasteiger partial charge in [-0.2, -0.15) is 0 Å². The zero-order valence-electron chi connectivity index (χ0n) is 8.08. The summed E-state index contributed by atoms with van der Waals surface area (Å²) in [7, 11) is 0. The predicted octanol–water partition coefficient (Wildman–Crippen LogP) is 0.812. The third kappa shape index (κ3) is 1.15. The Hall–Kier alpha value is -0.380. The summed E-state index contributed by atoms with van der Waals surface area (Å²) in [6.07, 6.45) is 0.510. The molecule has 1 aliphatic carbocycles. The van der Waals surface area contributed by atoms with Crippen molar-refractivity contribution in [3.05, 3.63) is 11.1 Å². The molecule has 74 valence electrons. The molecule has 1 heterocycles. The highest BCUT2D eigenvalue weighted by atomic mass is 16.6. The monoisotopic (exact) mass is 184 g/mol. The third-order valence-corrected chi connectivity index (χ3v) is 3.53. The van der Waals surface area contributed by atoms with Crippen molar-refractivity contribution in [1.82, 2.24) is 0 Å². The lowest BCUT2D eigenvalue weighted by Crippen LogP contribution is -2.35. The molecular weight excluding hydrogens is 168 g/mol. The van der Waals surface area contributed by atoms with Crippen molar-refractivity contribution in [1.29, 1.82) is 0 Å². The number of hydrogen-bond acceptors (Lipinski definition) is 3. The van der Waals surface area contributed by atoms with Crippen LogP contribution >= 0.6 is 0 Å². The van der Waals surface area contributed by atoms with Crippen molar-refractivity contribution < 1.29 is 14.9 Å². The first-order chi connectivity index (χ1) is 6.05. The zero-order chi connectivity index (χ0) is 9.64. The van der Waals surface area contributed by atoms with E-state index < -0.39 is 6.29 Å². The largest absolute Gasteiger partial charge is 0.389 e. The van der Waals surface area contributed by atoms with Crippen LogP contribution in [0.4, 0.5) is 0 Å². The van der Waals surface area contributed by atoms with Crippen LogP contribution < -0.4 is 0 Å². The molecule has 0 aromatic heterocycles. The lowest BCUT2D eigenvalue weighted by molar-refractivity contribution is -0.115. The summed E-state index contributed by atoms with van der Waals surface area (Å²) in [4.78, 5) is 0. The molecule has 0 radical (unpaired) electrons. The van der Waals surface area contributed by atoms with Crippen LogP contribution in [0.2, 0.25) is 0 Å². The van der Waals surface area contributed by atoms with Gasteiger partial charge in [-0.1, -0.05) is 6.92 Å². The topological polar surface area (TPSA) is 49.7 Å². The van der Waals surface area contributed by atoms with Crippen LogP contribution in [0.1, 0.15) is 26.7 Å². The van der Waals surface area contributed by atoms with E-state index in [2.05, 4.69) is 0 Å². The molecule has 1 aliphatic heterocycles. The van der Waals surface area contributed by atoms with Crippen LogP contribution in [-0.4, -0.2) is 29.2 Å². The molecule has 2 rings (SSSR count). The normalized spacial score (nSPS) is 45.2. The second-order valence-electron chi connectivity index (χ2n) is 4.30. The number of ether oxygens (including phenoxy) is 1. The quantitative estimate of drug-likeness (QED) is 0.548. The highest BCUT2D eigenvalue weighted by Crippen LogP contribution is 2.47. The summed E-state index contributed by atoms with van der Waals surface area (Å²) < 4.78 is 5.21. The number of aliphatic hydroxyl groups is 2. The summed E-state index contributed by atoms with van der Waals surface area (Å²) in [5, 5.41) is 19.3. The van der Waals surface area contributed by atoms with Crippen molar-refractivity contribution in [2.24, 2.45) is 5.41 Å². The van der Waals surface area contributed by atoms with Gasteiger partial charge in [-0.25, -0.2) is 0 Å². The first-order valence-corrected chi connectivity index (χ1v) is 4.73. The molecule has 1 saturated heterocycles. The van der Waals surface area contributed by atoms with Crippen molar-refractivity contribution >= 4 is 0 Å². The Bertz CT molecular complexity index is 259. The van der Waals surface area contributed by atoms with E-state index in [0.29, 0.717) is 6.61 Å². The standard InChI is InChI=1S/C10H16O3/c1-6-7-5-13-9(12)10(7,2)4-3-8(6)11/h8-9,11-12H,3-5H2,1-2H3/t8-,9?,10-/m1/s1. The second kappa shape index (κ2) is 2.80. The van der Waals surface area contributed by atoms with Crippen LogP contribution in [0.3, 0.4) is 0 Å². The molecule has 3 atom stereocenters. The number of fused-ring (bicyclic) bond motifs is 1. The van der Waals surface area contributed by atoms with Gasteiger partial charge in [0.2, 0.25) is 0 Å². The second-order valence-corrected chi connectivity index (χ2v) is 4.30. The molecule has 0 saturated carbocycles. The first-order valence-electron chi connectivity index (χ1n) is 4.73. The van der Waals surface area contributed by atoms with E-state index >= 15 is 0 Å². The molecule has 1 unspecified atom stereocenters. The molecular formula is C10H16O3. The van der Waals surface area contributed by atoms with Crippen molar-refractivity contribution in [3.63, 3.8) is 0 Å². The van der Waals surface area contributed by atoms with E-state index in [1.807, 2.05) is 13.8 Å². The van der Waals surface area contributed by atoms with Crippen molar-refractivity contribution in [2.75, 3.05) is 6.61 Å². The molecule has 0 aromatic rings. The average Bonchev–Trinajstić information content (AvgIpc) is 2.39. The van der Waals surface area contributed by atoms with E-state index in [4.69, 9.17) is 4.74 Å². The SMILES string of the molecule is CC1=C2COC(O)[C@]2(C)CC[C@H]1O. The van der Waals surface area contributed by atoms with Gasteiger partial charge in [0.1, 0.15) is 0 Å². The first kappa shape index (κ1) is 9.19. The third-order valence-electron chi connectivity index (χ3n) is 3.53. The Kier molecular flexibility index (Phi) is 1.98. The van der Waals surface area contributed by atoms with E-state index in [1.165, 1.54) is 0 Å². The Morgan fingerprint density at radius 2 is 2.15 bits per heavy atom. The maximum atomic E-state index is 9.65. The molecule has 2 aliphatic rings. The minimum atomic E-state index is -0.690. The minimum absolute atomic E-state index is 0.247. The molecule has 0 aromatic carbocycles. The van der Waals surface area contributed by atoms with Gasteiger partial charge in [0.15, 0.2) is 6.29 Å². The molecule has 1 fully saturated rings. The van der Waals surface area contributed by atoms with E-state index in [0.717, 1.165) is 24.0 Å². The number of aliphatic hydroxyl groups excluding tert-OH is 2. The Labute approximate surface area is 78.0 Å². The van der Waals surface area contributed by atoms with Crippen LogP contribution in [0.15, 0.2) is 11.1 Å². The van der Waals surface area contributed by atoms with Gasteiger partial charge in [0, 0.05) is 5.41 Å². The molecule has 3 heteroatoms. The van der Waals surface area contributed by atoms with Gasteiger partial charge in [-0.05, 0) is 30.9 Å². The Morgan fingerprint density at radius 1 is 1.46 bits per heavy atom. The molecule has 0 amide bonds. The fourth-order valence-corrected chi connectivity index (χ4v) is 2.35. The summed E-state index contributed by atoms with van der Waals surface area (Å²) in [5.74, 6) is 0. The molecule has 2 N–H and O–H groups in total. The van der Waals surface area contributed by atoms with Crippen LogP contribution in [0.25, 0.3) is 0 Å². The zero-order valence-corrected chi connectivity index (χ0v) is 8.08. The molecule has 0 spiro atoms. The van der Waals surface area contributed by atoms with Gasteiger partial charge in [0.25, 0.3) is 0 Å². The molecule has 13 heavy (non-hydrogen) atoms. The maximum absolute atomic E-state index is 9.65. The Morgan fingerprint density at radius 3 is 2.85 bits per heavy atom. The fraction of sp³-hybridized carbons (Fsp3) is 0.800. The van der Waals surface area contributed by atoms with Crippen molar-refractivity contribution in [3.8, 4) is 0 Å². The van der Waals surface area contributed by atoms with Gasteiger partial charge in [0.05, 0.1) is 12.7 Å². The summed E-state index contributed by atoms with van der Waals surface area (Å²) in [6.45, 7) is 4.41. The minimum Gasteiger partial charge on any atom is -0.389 e. The maximum Gasteiger partial charge on any atom is 0.164 e. The van der Waals surface area contributed by atoms with Gasteiger partial charge in [-0.15, -0.1) is 0 Å². The van der Waals surface area contributed by atoms with E-state index in [1.54, 1.807) is 0 Å². The van der Waals surface area contributed by atoms with Gasteiger partial charge in [-0.3, -0.25) is 0 Å². The number of rotatable bonds is 0. The van der Waals surface area contributed by atoms with Gasteiger partial charge >= 0.3 is 0 Å². The van der Waals surface area contributed by atoms with E-state index in [9.17, 15) is 10.2 Å². The lowest BCUT2D eigenvalue weighted by Gasteiger charge is -2.35. The average molecular weight is 184 g/mol. The summed E-state index contributed by atoms with van der Waals surface area (Å²) in [6, 6.07) is 0. The highest BCUT2D eigenvalue weighted by Gasteiger charge is 2.46. The highest BCUT2D eigenvalue weighted by molar-refractivity contribution is 5.30. The predicted molar refractivity (Wildman–Crippen MR) is 48.0 cm³/mol. The van der Waals surface area contributed by atoms with Crippen molar-refractivity contribution in [2.45, 2.75) is 39.1 Å². The smallest absolute Gasteiger partial charge is 0.164 e. The number of hydrogen-bond donors (Lipinski definition) is 2.